The Labute approximate surface area is 171 Å². The molecule has 1 aliphatic heterocycles. The van der Waals surface area contributed by atoms with E-state index in [9.17, 15) is 9.59 Å². The molecule has 0 unspecified atom stereocenters. The lowest BCUT2D eigenvalue weighted by Crippen LogP contribution is -2.50. The highest BCUT2D eigenvalue weighted by atomic mass is 16.6. The summed E-state index contributed by atoms with van der Waals surface area (Å²) in [4.78, 5) is 28.6. The van der Waals surface area contributed by atoms with Gasteiger partial charge in [-0.1, -0.05) is 36.4 Å². The van der Waals surface area contributed by atoms with Crippen LogP contribution >= 0.6 is 0 Å². The van der Waals surface area contributed by atoms with Crippen molar-refractivity contribution >= 4 is 12.0 Å². The summed E-state index contributed by atoms with van der Waals surface area (Å²) in [6.07, 6.45) is 2.07. The van der Waals surface area contributed by atoms with Crippen LogP contribution in [-0.4, -0.2) is 55.1 Å². The topological polar surface area (TPSA) is 59.1 Å². The van der Waals surface area contributed by atoms with E-state index in [-0.39, 0.29) is 18.6 Å². The van der Waals surface area contributed by atoms with Gasteiger partial charge in [0.25, 0.3) is 5.91 Å². The summed E-state index contributed by atoms with van der Waals surface area (Å²) < 4.78 is 10.7. The molecule has 0 saturated carbocycles. The van der Waals surface area contributed by atoms with Gasteiger partial charge in [-0.3, -0.25) is 4.79 Å². The number of hydrogen-bond acceptors (Lipinski definition) is 4. The third-order valence-corrected chi connectivity index (χ3v) is 4.92. The van der Waals surface area contributed by atoms with Crippen LogP contribution < -0.4 is 4.74 Å². The normalized spacial score (nSPS) is 13.7. The van der Waals surface area contributed by atoms with E-state index in [0.717, 1.165) is 16.9 Å². The summed E-state index contributed by atoms with van der Waals surface area (Å²) in [7, 11) is 1.61. The maximum atomic E-state index is 12.9. The number of allylic oxidation sites excluding steroid dienone is 1. The lowest BCUT2D eigenvalue weighted by Gasteiger charge is -2.34. The molecule has 0 bridgehead atoms. The highest BCUT2D eigenvalue weighted by Gasteiger charge is 2.26. The second-order valence-corrected chi connectivity index (χ2v) is 6.84. The Hall–Kier alpha value is -3.28. The quantitative estimate of drug-likeness (QED) is 0.704. The molecule has 6 heteroatoms. The van der Waals surface area contributed by atoms with Gasteiger partial charge in [-0.15, -0.1) is 6.58 Å². The lowest BCUT2D eigenvalue weighted by atomic mass is 10.1. The Balaban J connectivity index is 1.54. The van der Waals surface area contributed by atoms with Gasteiger partial charge in [0.05, 0.1) is 7.11 Å². The summed E-state index contributed by atoms with van der Waals surface area (Å²) >= 11 is 0. The first-order valence-corrected chi connectivity index (χ1v) is 9.65. The number of benzene rings is 2. The number of hydrogen-bond donors (Lipinski definition) is 0. The van der Waals surface area contributed by atoms with E-state index >= 15 is 0 Å². The Morgan fingerprint density at radius 2 is 1.72 bits per heavy atom. The Morgan fingerprint density at radius 1 is 1.03 bits per heavy atom. The summed E-state index contributed by atoms with van der Waals surface area (Å²) in [5.41, 5.74) is 2.49. The van der Waals surface area contributed by atoms with Gasteiger partial charge in [-0.25, -0.2) is 4.79 Å². The second-order valence-electron chi connectivity index (χ2n) is 6.84. The fraction of sp³-hybridized carbons (Fsp3) is 0.304. The number of nitrogens with zero attached hydrogens (tertiary/aromatic N) is 2. The Morgan fingerprint density at radius 3 is 2.38 bits per heavy atom. The van der Waals surface area contributed by atoms with Crippen molar-refractivity contribution in [3.63, 3.8) is 0 Å². The van der Waals surface area contributed by atoms with Crippen molar-refractivity contribution in [1.29, 1.82) is 0 Å². The molecule has 29 heavy (non-hydrogen) atoms. The molecule has 0 N–H and O–H groups in total. The minimum Gasteiger partial charge on any atom is -0.496 e. The van der Waals surface area contributed by atoms with Crippen molar-refractivity contribution in [2.75, 3.05) is 33.3 Å². The molecule has 0 aliphatic carbocycles. The van der Waals surface area contributed by atoms with Crippen LogP contribution in [0.25, 0.3) is 0 Å². The fourth-order valence-corrected chi connectivity index (χ4v) is 3.31. The zero-order valence-corrected chi connectivity index (χ0v) is 16.7. The van der Waals surface area contributed by atoms with Crippen molar-refractivity contribution < 1.29 is 19.1 Å². The second kappa shape index (κ2) is 9.78. The maximum Gasteiger partial charge on any atom is 0.410 e. The molecule has 2 amide bonds. The molecular formula is C23H26N2O4. The van der Waals surface area contributed by atoms with Crippen LogP contribution in [-0.2, 0) is 17.8 Å². The number of carbonyl (C=O) groups excluding carboxylic acids is 2. The summed E-state index contributed by atoms with van der Waals surface area (Å²) in [5, 5.41) is 0. The summed E-state index contributed by atoms with van der Waals surface area (Å²) in [6, 6.07) is 15.0. The van der Waals surface area contributed by atoms with Gasteiger partial charge in [0.1, 0.15) is 12.4 Å². The molecule has 0 spiro atoms. The molecule has 0 aromatic heterocycles. The summed E-state index contributed by atoms with van der Waals surface area (Å²) in [6.45, 7) is 5.86. The molecule has 1 fully saturated rings. The van der Waals surface area contributed by atoms with Gasteiger partial charge in [-0.2, -0.15) is 0 Å². The highest BCUT2D eigenvalue weighted by molar-refractivity contribution is 5.94. The first kappa shape index (κ1) is 20.5. The third kappa shape index (κ3) is 5.16. The first-order valence-electron chi connectivity index (χ1n) is 9.65. The van der Waals surface area contributed by atoms with Crippen molar-refractivity contribution in [2.45, 2.75) is 13.0 Å². The average Bonchev–Trinajstić information content (AvgIpc) is 2.78. The predicted molar refractivity (Wildman–Crippen MR) is 111 cm³/mol. The zero-order chi connectivity index (χ0) is 20.6. The SMILES string of the molecule is C=CCc1cc(C(=O)N2CCN(C(=O)OCc3ccccc3)CC2)ccc1OC. The molecule has 6 nitrogen and oxygen atoms in total. The van der Waals surface area contributed by atoms with Gasteiger partial charge in [0.2, 0.25) is 0 Å². The average molecular weight is 394 g/mol. The van der Waals surface area contributed by atoms with Crippen molar-refractivity contribution in [3.8, 4) is 5.75 Å². The number of rotatable bonds is 6. The van der Waals surface area contributed by atoms with E-state index in [2.05, 4.69) is 6.58 Å². The number of carbonyl (C=O) groups is 2. The number of piperazine rings is 1. The first-order chi connectivity index (χ1) is 14.1. The zero-order valence-electron chi connectivity index (χ0n) is 16.7. The highest BCUT2D eigenvalue weighted by Crippen LogP contribution is 2.22. The minimum atomic E-state index is -0.348. The van der Waals surface area contributed by atoms with Gasteiger partial charge in [0, 0.05) is 31.7 Å². The third-order valence-electron chi connectivity index (χ3n) is 4.92. The molecule has 0 atom stereocenters. The molecule has 1 saturated heterocycles. The molecule has 3 rings (SSSR count). The van der Waals surface area contributed by atoms with E-state index in [1.165, 1.54) is 0 Å². The molecule has 2 aromatic carbocycles. The van der Waals surface area contributed by atoms with Crippen LogP contribution in [0, 0.1) is 0 Å². The number of amides is 2. The standard InChI is InChI=1S/C23H26N2O4/c1-3-7-19-16-20(10-11-21(19)28-2)22(26)24-12-14-25(15-13-24)23(27)29-17-18-8-5-4-6-9-18/h3-6,8-11,16H,1,7,12-15,17H2,2H3. The van der Waals surface area contributed by atoms with E-state index in [1.807, 2.05) is 42.5 Å². The summed E-state index contributed by atoms with van der Waals surface area (Å²) in [5.74, 6) is 0.697. The Bertz CT molecular complexity index is 858. The molecule has 152 valence electrons. The van der Waals surface area contributed by atoms with Crippen LogP contribution in [0.5, 0.6) is 5.75 Å². The maximum absolute atomic E-state index is 12.9. The van der Waals surface area contributed by atoms with Gasteiger partial charge < -0.3 is 19.3 Å². The molecule has 1 heterocycles. The van der Waals surface area contributed by atoms with Gasteiger partial charge in [0.15, 0.2) is 0 Å². The van der Waals surface area contributed by atoms with E-state index in [0.29, 0.717) is 38.2 Å². The van der Waals surface area contributed by atoms with Crippen LogP contribution in [0.15, 0.2) is 61.2 Å². The van der Waals surface area contributed by atoms with Crippen LogP contribution in [0.1, 0.15) is 21.5 Å². The molecule has 2 aromatic rings. The lowest BCUT2D eigenvalue weighted by molar-refractivity contribution is 0.0543. The number of ether oxygens (including phenoxy) is 2. The monoisotopic (exact) mass is 394 g/mol. The van der Waals surface area contributed by atoms with Gasteiger partial charge >= 0.3 is 6.09 Å². The molecule has 1 aliphatic rings. The largest absolute Gasteiger partial charge is 0.496 e. The van der Waals surface area contributed by atoms with Crippen molar-refractivity contribution in [3.05, 3.63) is 77.9 Å². The Kier molecular flexibility index (Phi) is 6.89. The van der Waals surface area contributed by atoms with E-state index in [4.69, 9.17) is 9.47 Å². The molecular weight excluding hydrogens is 368 g/mol. The minimum absolute atomic E-state index is 0.0460. The predicted octanol–water partition coefficient (Wildman–Crippen LogP) is 3.52. The fourth-order valence-electron chi connectivity index (χ4n) is 3.31. The molecule has 0 radical (unpaired) electrons. The van der Waals surface area contributed by atoms with Crippen molar-refractivity contribution in [2.24, 2.45) is 0 Å². The number of methoxy groups -OCH3 is 1. The van der Waals surface area contributed by atoms with E-state index < -0.39 is 0 Å². The smallest absolute Gasteiger partial charge is 0.410 e. The van der Waals surface area contributed by atoms with Crippen molar-refractivity contribution in [1.82, 2.24) is 9.80 Å². The van der Waals surface area contributed by atoms with E-state index in [1.54, 1.807) is 29.1 Å². The van der Waals surface area contributed by atoms with Crippen LogP contribution in [0.2, 0.25) is 0 Å². The van der Waals surface area contributed by atoms with Crippen LogP contribution in [0.4, 0.5) is 4.79 Å². The van der Waals surface area contributed by atoms with Gasteiger partial charge in [-0.05, 0) is 35.7 Å². The van der Waals surface area contributed by atoms with Crippen LogP contribution in [0.3, 0.4) is 0 Å².